The first kappa shape index (κ1) is 22.0. The van der Waals surface area contributed by atoms with Crippen molar-refractivity contribution < 1.29 is 0 Å². The Morgan fingerprint density at radius 2 is 1.32 bits per heavy atom. The Hall–Kier alpha value is -2.28. The monoisotopic (exact) mass is 375 g/mol. The van der Waals surface area contributed by atoms with Gasteiger partial charge < -0.3 is 4.90 Å². The van der Waals surface area contributed by atoms with Crippen LogP contribution in [0.2, 0.25) is 0 Å². The molecule has 0 saturated carbocycles. The predicted octanol–water partition coefficient (Wildman–Crippen LogP) is 7.90. The highest BCUT2D eigenvalue weighted by molar-refractivity contribution is 5.19. The van der Waals surface area contributed by atoms with Crippen molar-refractivity contribution in [1.82, 2.24) is 4.90 Å². The Balaban J connectivity index is 1.96. The van der Waals surface area contributed by atoms with Crippen LogP contribution in [0.3, 0.4) is 0 Å². The fourth-order valence-corrected chi connectivity index (χ4v) is 3.43. The van der Waals surface area contributed by atoms with Crippen LogP contribution < -0.4 is 0 Å². The Morgan fingerprint density at radius 3 is 1.86 bits per heavy atom. The van der Waals surface area contributed by atoms with Crippen LogP contribution in [-0.2, 0) is 13.1 Å². The fourth-order valence-electron chi connectivity index (χ4n) is 3.43. The fraction of sp³-hybridized carbons (Fsp3) is 0.407. The summed E-state index contributed by atoms with van der Waals surface area (Å²) < 4.78 is 0. The van der Waals surface area contributed by atoms with Gasteiger partial charge in [0.15, 0.2) is 0 Å². The summed E-state index contributed by atoms with van der Waals surface area (Å²) in [7, 11) is 0. The third-order valence-electron chi connectivity index (χ3n) is 5.14. The maximum atomic E-state index is 2.40. The lowest BCUT2D eigenvalue weighted by Gasteiger charge is -2.20. The molecule has 0 N–H and O–H groups in total. The van der Waals surface area contributed by atoms with E-state index in [2.05, 4.69) is 97.8 Å². The second-order valence-electron chi connectivity index (χ2n) is 7.56. The van der Waals surface area contributed by atoms with Crippen LogP contribution in [0.25, 0.3) is 0 Å². The summed E-state index contributed by atoms with van der Waals surface area (Å²) in [5.74, 6) is 0. The quantitative estimate of drug-likeness (QED) is 0.254. The van der Waals surface area contributed by atoms with E-state index in [0.717, 1.165) is 19.5 Å². The van der Waals surface area contributed by atoms with E-state index in [-0.39, 0.29) is 0 Å². The lowest BCUT2D eigenvalue weighted by molar-refractivity contribution is 0.362. The summed E-state index contributed by atoms with van der Waals surface area (Å²) >= 11 is 0. The number of benzene rings is 2. The smallest absolute Gasteiger partial charge is 0.0427 e. The molecule has 0 fully saturated rings. The summed E-state index contributed by atoms with van der Waals surface area (Å²) in [6.45, 7) is 6.41. The van der Waals surface area contributed by atoms with Crippen LogP contribution in [-0.4, -0.2) is 4.90 Å². The molecule has 2 rings (SSSR count). The highest BCUT2D eigenvalue weighted by atomic mass is 15.1. The van der Waals surface area contributed by atoms with Crippen molar-refractivity contribution in [2.75, 3.05) is 0 Å². The number of nitrogens with zero attached hydrogens (tertiary/aromatic N) is 1. The molecule has 0 spiro atoms. The lowest BCUT2D eigenvalue weighted by atomic mass is 10.0. The number of allylic oxidation sites excluding steroid dienone is 3. The number of rotatable bonds is 13. The van der Waals surface area contributed by atoms with Crippen molar-refractivity contribution in [2.24, 2.45) is 0 Å². The summed E-state index contributed by atoms with van der Waals surface area (Å²) in [4.78, 5) is 2.40. The largest absolute Gasteiger partial charge is 0.369 e. The number of hydrogen-bond donors (Lipinski definition) is 0. The van der Waals surface area contributed by atoms with E-state index in [0.29, 0.717) is 0 Å². The molecule has 0 aliphatic rings. The molecule has 0 aliphatic heterocycles. The molecule has 0 atom stereocenters. The molecule has 0 aliphatic carbocycles. The third kappa shape index (κ3) is 9.08. The van der Waals surface area contributed by atoms with Crippen molar-refractivity contribution in [3.8, 4) is 0 Å². The van der Waals surface area contributed by atoms with Crippen molar-refractivity contribution in [2.45, 2.75) is 71.9 Å². The molecule has 0 radical (unpaired) electrons. The molecule has 2 aromatic rings. The summed E-state index contributed by atoms with van der Waals surface area (Å²) in [5.41, 5.74) is 4.25. The molecule has 0 heterocycles. The molecule has 2 aromatic carbocycles. The van der Waals surface area contributed by atoms with Crippen LogP contribution in [0.5, 0.6) is 0 Å². The average Bonchev–Trinajstić information content (AvgIpc) is 2.73. The molecular formula is C27H37N. The van der Waals surface area contributed by atoms with E-state index in [1.54, 1.807) is 5.57 Å². The van der Waals surface area contributed by atoms with Crippen LogP contribution in [0.4, 0.5) is 0 Å². The van der Waals surface area contributed by atoms with E-state index in [1.165, 1.54) is 49.7 Å². The van der Waals surface area contributed by atoms with Crippen LogP contribution in [0.15, 0.2) is 84.6 Å². The van der Waals surface area contributed by atoms with Gasteiger partial charge in [-0.05, 0) is 42.7 Å². The summed E-state index contributed by atoms with van der Waals surface area (Å²) in [6, 6.07) is 21.5. The van der Waals surface area contributed by atoms with Gasteiger partial charge >= 0.3 is 0 Å². The zero-order chi connectivity index (χ0) is 19.9. The van der Waals surface area contributed by atoms with Gasteiger partial charge in [-0.15, -0.1) is 0 Å². The molecule has 0 unspecified atom stereocenters. The van der Waals surface area contributed by atoms with E-state index in [1.807, 2.05) is 0 Å². The normalized spacial score (nSPS) is 11.9. The van der Waals surface area contributed by atoms with Crippen molar-refractivity contribution in [1.29, 1.82) is 0 Å². The van der Waals surface area contributed by atoms with E-state index < -0.39 is 0 Å². The number of hydrogen-bond acceptors (Lipinski definition) is 1. The van der Waals surface area contributed by atoms with Gasteiger partial charge in [0, 0.05) is 13.1 Å². The highest BCUT2D eigenvalue weighted by Gasteiger charge is 2.02. The first-order chi connectivity index (χ1) is 13.8. The molecule has 1 nitrogen and oxygen atoms in total. The summed E-state index contributed by atoms with van der Waals surface area (Å²) in [5, 5.41) is 0. The molecule has 150 valence electrons. The molecular weight excluding hydrogens is 338 g/mol. The van der Waals surface area contributed by atoms with Crippen LogP contribution in [0, 0.1) is 0 Å². The zero-order valence-corrected chi connectivity index (χ0v) is 17.8. The van der Waals surface area contributed by atoms with Crippen LogP contribution in [0.1, 0.15) is 69.9 Å². The van der Waals surface area contributed by atoms with Gasteiger partial charge in [0.1, 0.15) is 0 Å². The minimum absolute atomic E-state index is 0.929. The second-order valence-corrected chi connectivity index (χ2v) is 7.56. The topological polar surface area (TPSA) is 3.24 Å². The maximum Gasteiger partial charge on any atom is 0.0427 e. The van der Waals surface area contributed by atoms with E-state index >= 15 is 0 Å². The zero-order valence-electron chi connectivity index (χ0n) is 17.8. The summed E-state index contributed by atoms with van der Waals surface area (Å²) in [6.07, 6.45) is 16.0. The van der Waals surface area contributed by atoms with E-state index in [4.69, 9.17) is 0 Å². The Bertz CT molecular complexity index is 643. The van der Waals surface area contributed by atoms with Crippen molar-refractivity contribution in [3.05, 3.63) is 95.7 Å². The first-order valence-electron chi connectivity index (χ1n) is 11.0. The molecule has 1 heteroatoms. The van der Waals surface area contributed by atoms with Crippen molar-refractivity contribution >= 4 is 0 Å². The van der Waals surface area contributed by atoms with Gasteiger partial charge in [0.05, 0.1) is 0 Å². The van der Waals surface area contributed by atoms with E-state index in [9.17, 15) is 0 Å². The van der Waals surface area contributed by atoms with Gasteiger partial charge in [0.25, 0.3) is 0 Å². The maximum absolute atomic E-state index is 2.40. The number of unbranched alkanes of at least 4 members (excludes halogenated alkanes) is 4. The standard InChI is InChI=1S/C27H37N/c1-3-5-6-7-10-16-25(4-2)21-15-22-28(23-26-17-11-8-12-18-26)24-27-19-13-9-14-20-27/h8-9,11-15,17-22H,3-7,10,16,23-24H2,1-2H3/b22-15+,25-21-. The Kier molecular flexibility index (Phi) is 10.9. The molecule has 0 bridgehead atoms. The predicted molar refractivity (Wildman–Crippen MR) is 123 cm³/mol. The van der Waals surface area contributed by atoms with Gasteiger partial charge in [-0.25, -0.2) is 0 Å². The Morgan fingerprint density at radius 1 is 0.750 bits per heavy atom. The lowest BCUT2D eigenvalue weighted by Crippen LogP contribution is -2.16. The van der Waals surface area contributed by atoms with Gasteiger partial charge in [-0.3, -0.25) is 0 Å². The Labute approximate surface area is 172 Å². The van der Waals surface area contributed by atoms with Gasteiger partial charge in [-0.1, -0.05) is 112 Å². The molecule has 28 heavy (non-hydrogen) atoms. The average molecular weight is 376 g/mol. The minimum atomic E-state index is 0.929. The second kappa shape index (κ2) is 13.8. The molecule has 0 saturated heterocycles. The van der Waals surface area contributed by atoms with Gasteiger partial charge in [-0.2, -0.15) is 0 Å². The van der Waals surface area contributed by atoms with Crippen LogP contribution >= 0.6 is 0 Å². The first-order valence-corrected chi connectivity index (χ1v) is 11.0. The molecule has 0 aromatic heterocycles. The SMILES string of the molecule is CCCCCCC/C(=C\C=C\N(Cc1ccccc1)Cc1ccccc1)CC. The molecule has 0 amide bonds. The highest BCUT2D eigenvalue weighted by Crippen LogP contribution is 2.15. The van der Waals surface area contributed by atoms with Gasteiger partial charge in [0.2, 0.25) is 0 Å². The minimum Gasteiger partial charge on any atom is -0.369 e. The van der Waals surface area contributed by atoms with Crippen molar-refractivity contribution in [3.63, 3.8) is 0 Å². The third-order valence-corrected chi connectivity index (χ3v) is 5.14.